The number of ether oxygens (including phenoxy) is 4. The quantitative estimate of drug-likeness (QED) is 0.317. The summed E-state index contributed by atoms with van der Waals surface area (Å²) in [5, 5.41) is 14.1. The second-order valence-corrected chi connectivity index (χ2v) is 10.3. The Kier molecular flexibility index (Phi) is 9.34. The van der Waals surface area contributed by atoms with Crippen LogP contribution < -0.4 is 19.7 Å². The lowest BCUT2D eigenvalue weighted by Gasteiger charge is -2.36. The van der Waals surface area contributed by atoms with Crippen LogP contribution in [0.25, 0.3) is 0 Å². The van der Waals surface area contributed by atoms with Crippen LogP contribution in [-0.2, 0) is 22.3 Å². The third-order valence-corrected chi connectivity index (χ3v) is 7.40. The molecule has 2 aliphatic heterocycles. The molecular weight excluding hydrogens is 537 g/mol. The SMILES string of the molecule is COCCCN1CCOc2ccc(CO[C@H]3CNC[C@@H](O)[C@@H]3c3ccc(Oc4cccc(C(F)(F)F)c4)cc3)cc21. The molecule has 0 spiro atoms. The van der Waals surface area contributed by atoms with E-state index < -0.39 is 17.8 Å². The van der Waals surface area contributed by atoms with Gasteiger partial charge in [-0.05, 0) is 60.0 Å². The highest BCUT2D eigenvalue weighted by Gasteiger charge is 2.34. The molecule has 0 saturated carbocycles. The minimum Gasteiger partial charge on any atom is -0.490 e. The summed E-state index contributed by atoms with van der Waals surface area (Å²) in [7, 11) is 1.70. The van der Waals surface area contributed by atoms with Crippen molar-refractivity contribution in [2.24, 2.45) is 0 Å². The number of fused-ring (bicyclic) bond motifs is 1. The van der Waals surface area contributed by atoms with Crippen LogP contribution in [0.1, 0.15) is 29.0 Å². The van der Waals surface area contributed by atoms with Crippen LogP contribution in [0.2, 0.25) is 0 Å². The third-order valence-electron chi connectivity index (χ3n) is 7.40. The topological polar surface area (TPSA) is 72.4 Å². The Morgan fingerprint density at radius 1 is 1.02 bits per heavy atom. The van der Waals surface area contributed by atoms with Gasteiger partial charge in [0.15, 0.2) is 0 Å². The first-order valence-electron chi connectivity index (χ1n) is 13.8. The first kappa shape index (κ1) is 29.2. The summed E-state index contributed by atoms with van der Waals surface area (Å²) < 4.78 is 62.2. The number of halogens is 3. The van der Waals surface area contributed by atoms with Crippen molar-refractivity contribution in [2.75, 3.05) is 51.4 Å². The Balaban J connectivity index is 1.25. The molecular formula is C31H35F3N2O5. The summed E-state index contributed by atoms with van der Waals surface area (Å²) in [4.78, 5) is 2.30. The number of nitrogens with one attached hydrogen (secondary N) is 1. The summed E-state index contributed by atoms with van der Waals surface area (Å²) in [5.74, 6) is 1.08. The van der Waals surface area contributed by atoms with Crippen molar-refractivity contribution in [3.05, 3.63) is 83.4 Å². The first-order valence-corrected chi connectivity index (χ1v) is 13.8. The number of methoxy groups -OCH3 is 1. The fourth-order valence-corrected chi connectivity index (χ4v) is 5.35. The van der Waals surface area contributed by atoms with E-state index in [4.69, 9.17) is 18.9 Å². The lowest BCUT2D eigenvalue weighted by molar-refractivity contribution is -0.137. The van der Waals surface area contributed by atoms with Crippen LogP contribution in [0.4, 0.5) is 18.9 Å². The summed E-state index contributed by atoms with van der Waals surface area (Å²) in [6, 6.07) is 17.9. The highest BCUT2D eigenvalue weighted by molar-refractivity contribution is 5.61. The van der Waals surface area contributed by atoms with Crippen LogP contribution >= 0.6 is 0 Å². The molecule has 10 heteroatoms. The smallest absolute Gasteiger partial charge is 0.416 e. The number of anilines is 1. The molecule has 0 amide bonds. The van der Waals surface area contributed by atoms with Gasteiger partial charge in [0.1, 0.15) is 23.9 Å². The fourth-order valence-electron chi connectivity index (χ4n) is 5.35. The zero-order chi connectivity index (χ0) is 28.8. The van der Waals surface area contributed by atoms with E-state index >= 15 is 0 Å². The molecule has 7 nitrogen and oxygen atoms in total. The van der Waals surface area contributed by atoms with Crippen LogP contribution in [0, 0.1) is 0 Å². The van der Waals surface area contributed by atoms with Crippen molar-refractivity contribution in [3.8, 4) is 17.2 Å². The molecule has 2 N–H and O–H groups in total. The molecule has 1 fully saturated rings. The van der Waals surface area contributed by atoms with E-state index in [0.717, 1.165) is 54.2 Å². The lowest BCUT2D eigenvalue weighted by Crippen LogP contribution is -2.49. The molecule has 2 aliphatic rings. The molecule has 0 aliphatic carbocycles. The van der Waals surface area contributed by atoms with E-state index in [1.165, 1.54) is 12.1 Å². The average molecular weight is 573 g/mol. The summed E-state index contributed by atoms with van der Waals surface area (Å²) in [6.45, 7) is 4.41. The second-order valence-electron chi connectivity index (χ2n) is 10.3. The number of hydrogen-bond donors (Lipinski definition) is 2. The molecule has 3 aromatic carbocycles. The van der Waals surface area contributed by atoms with Crippen LogP contribution in [-0.4, -0.2) is 63.8 Å². The van der Waals surface area contributed by atoms with Crippen molar-refractivity contribution in [1.29, 1.82) is 0 Å². The summed E-state index contributed by atoms with van der Waals surface area (Å²) >= 11 is 0. The molecule has 5 rings (SSSR count). The fraction of sp³-hybridized carbons (Fsp3) is 0.419. The van der Waals surface area contributed by atoms with E-state index in [-0.39, 0.29) is 17.8 Å². The number of benzene rings is 3. The predicted molar refractivity (Wildman–Crippen MR) is 149 cm³/mol. The highest BCUT2D eigenvalue weighted by Crippen LogP contribution is 2.36. The van der Waals surface area contributed by atoms with Gasteiger partial charge in [-0.15, -0.1) is 0 Å². The molecule has 3 atom stereocenters. The highest BCUT2D eigenvalue weighted by atomic mass is 19.4. The average Bonchev–Trinajstić information content (AvgIpc) is 2.97. The Bertz CT molecular complexity index is 1290. The maximum absolute atomic E-state index is 13.1. The van der Waals surface area contributed by atoms with Gasteiger partial charge in [-0.2, -0.15) is 13.2 Å². The van der Waals surface area contributed by atoms with Gasteiger partial charge in [0, 0.05) is 39.3 Å². The zero-order valence-electron chi connectivity index (χ0n) is 22.9. The number of hydrogen-bond acceptors (Lipinski definition) is 7. The van der Waals surface area contributed by atoms with Crippen molar-refractivity contribution < 1.29 is 37.2 Å². The number of rotatable bonds is 10. The molecule has 2 heterocycles. The Morgan fingerprint density at radius 2 is 1.85 bits per heavy atom. The van der Waals surface area contributed by atoms with Crippen LogP contribution in [0.3, 0.4) is 0 Å². The van der Waals surface area contributed by atoms with Gasteiger partial charge in [-0.1, -0.05) is 24.3 Å². The van der Waals surface area contributed by atoms with Gasteiger partial charge < -0.3 is 34.3 Å². The van der Waals surface area contributed by atoms with E-state index in [1.54, 1.807) is 19.2 Å². The van der Waals surface area contributed by atoms with Crippen molar-refractivity contribution in [2.45, 2.75) is 37.3 Å². The van der Waals surface area contributed by atoms with Gasteiger partial charge in [-0.3, -0.25) is 0 Å². The van der Waals surface area contributed by atoms with Gasteiger partial charge in [0.05, 0.1) is 36.6 Å². The second kappa shape index (κ2) is 13.1. The van der Waals surface area contributed by atoms with Crippen molar-refractivity contribution in [1.82, 2.24) is 5.32 Å². The minimum atomic E-state index is -4.44. The van der Waals surface area contributed by atoms with E-state index in [1.807, 2.05) is 24.3 Å². The first-order chi connectivity index (χ1) is 19.8. The van der Waals surface area contributed by atoms with E-state index in [2.05, 4.69) is 16.3 Å². The largest absolute Gasteiger partial charge is 0.490 e. The molecule has 3 aromatic rings. The molecule has 41 heavy (non-hydrogen) atoms. The van der Waals surface area contributed by atoms with E-state index in [0.29, 0.717) is 38.7 Å². The van der Waals surface area contributed by atoms with Gasteiger partial charge in [0.25, 0.3) is 0 Å². The number of alkyl halides is 3. The van der Waals surface area contributed by atoms with Crippen molar-refractivity contribution >= 4 is 5.69 Å². The summed E-state index contributed by atoms with van der Waals surface area (Å²) in [6.07, 6.45) is -4.48. The number of aliphatic hydroxyl groups excluding tert-OH is 1. The zero-order valence-corrected chi connectivity index (χ0v) is 22.9. The maximum atomic E-state index is 13.1. The molecule has 0 radical (unpaired) electrons. The third kappa shape index (κ3) is 7.32. The normalized spacial score (nSPS) is 20.8. The number of nitrogens with zero attached hydrogens (tertiary/aromatic N) is 1. The van der Waals surface area contributed by atoms with Gasteiger partial charge in [0.2, 0.25) is 0 Å². The Hall–Kier alpha value is -3.31. The predicted octanol–water partition coefficient (Wildman–Crippen LogP) is 5.37. The minimum absolute atomic E-state index is 0.100. The Labute approximate surface area is 237 Å². The van der Waals surface area contributed by atoms with Gasteiger partial charge in [-0.25, -0.2) is 0 Å². The molecule has 1 saturated heterocycles. The van der Waals surface area contributed by atoms with E-state index in [9.17, 15) is 18.3 Å². The van der Waals surface area contributed by atoms with Crippen LogP contribution in [0.5, 0.6) is 17.2 Å². The molecule has 0 aromatic heterocycles. The Morgan fingerprint density at radius 3 is 2.63 bits per heavy atom. The van der Waals surface area contributed by atoms with Crippen LogP contribution in [0.15, 0.2) is 66.7 Å². The standard InChI is InChI=1S/C31H35F3N2O5/c1-38-14-3-12-36-13-15-39-28-11-6-21(16-26(28)36)20-40-29-19-35-18-27(37)30(29)22-7-9-24(10-8-22)41-25-5-2-4-23(17-25)31(32,33)34/h2,4-11,16-17,27,29-30,35,37H,3,12-15,18-20H2,1H3/t27-,29+,30+/m1/s1. The van der Waals surface area contributed by atoms with Gasteiger partial charge >= 0.3 is 6.18 Å². The van der Waals surface area contributed by atoms with Crippen molar-refractivity contribution in [3.63, 3.8) is 0 Å². The monoisotopic (exact) mass is 572 g/mol. The molecule has 220 valence electrons. The number of β-amino-alcohol motifs (C(OH)–C–C–N with tert-alkyl or cyclic N) is 1. The lowest BCUT2D eigenvalue weighted by atomic mass is 9.85. The summed E-state index contributed by atoms with van der Waals surface area (Å²) in [5.41, 5.74) is 2.15. The number of piperidine rings is 1. The maximum Gasteiger partial charge on any atom is 0.416 e. The molecule has 0 bridgehead atoms. The number of aliphatic hydroxyl groups is 1. The molecule has 0 unspecified atom stereocenters.